The van der Waals surface area contributed by atoms with E-state index in [-0.39, 0.29) is 25.5 Å². The van der Waals surface area contributed by atoms with Gasteiger partial charge >= 0.3 is 0 Å². The molecule has 3 heteroatoms. The Hall–Kier alpha value is -3.39. The number of benzene rings is 4. The third-order valence-electron chi connectivity index (χ3n) is 7.20. The topological polar surface area (TPSA) is 25.8 Å². The SMILES string of the molecule is CCc1c[c-]c2c(c1)c1cccc3c1c1c(ccnc21)C3(C)C.[Ir].[c-]1ccccc1-c1ccccn1. The molecule has 0 unspecified atom stereocenters. The summed E-state index contributed by atoms with van der Waals surface area (Å²) >= 11 is 0. The Morgan fingerprint density at radius 2 is 1.61 bits per heavy atom. The summed E-state index contributed by atoms with van der Waals surface area (Å²) in [4.78, 5) is 8.96. The normalized spacial score (nSPS) is 13.0. The zero-order valence-corrected chi connectivity index (χ0v) is 23.0. The summed E-state index contributed by atoms with van der Waals surface area (Å²) in [6, 6.07) is 33.7. The summed E-state index contributed by atoms with van der Waals surface area (Å²) in [7, 11) is 0. The molecule has 0 N–H and O–H groups in total. The Morgan fingerprint density at radius 3 is 2.36 bits per heavy atom. The molecule has 4 aromatic carbocycles. The van der Waals surface area contributed by atoms with Gasteiger partial charge in [0.05, 0.1) is 0 Å². The number of hydrogen-bond acceptors (Lipinski definition) is 2. The number of aromatic nitrogens is 2. The maximum absolute atomic E-state index is 4.74. The Bertz CT molecular complexity index is 1650. The Kier molecular flexibility index (Phi) is 6.47. The minimum atomic E-state index is 0. The fourth-order valence-electron chi connectivity index (χ4n) is 5.37. The third-order valence-corrected chi connectivity index (χ3v) is 7.20. The first-order valence-electron chi connectivity index (χ1n) is 12.2. The molecule has 1 aliphatic rings. The van der Waals surface area contributed by atoms with Crippen molar-refractivity contribution in [3.8, 4) is 11.3 Å². The maximum atomic E-state index is 4.74. The Labute approximate surface area is 225 Å². The fraction of sp³-hybridized carbons (Fsp3) is 0.152. The zero-order chi connectivity index (χ0) is 24.0. The molecule has 36 heavy (non-hydrogen) atoms. The molecule has 2 nitrogen and oxygen atoms in total. The van der Waals surface area contributed by atoms with Gasteiger partial charge in [-0.25, -0.2) is 0 Å². The van der Waals surface area contributed by atoms with Gasteiger partial charge in [-0.3, -0.25) is 0 Å². The molecule has 0 fully saturated rings. The van der Waals surface area contributed by atoms with Crippen LogP contribution in [0, 0.1) is 12.1 Å². The van der Waals surface area contributed by atoms with E-state index in [1.54, 1.807) is 6.20 Å². The minimum absolute atomic E-state index is 0. The van der Waals surface area contributed by atoms with E-state index in [9.17, 15) is 0 Å². The van der Waals surface area contributed by atoms with Crippen molar-refractivity contribution in [1.29, 1.82) is 0 Å². The summed E-state index contributed by atoms with van der Waals surface area (Å²) < 4.78 is 0. The Balaban J connectivity index is 0.000000175. The molecule has 1 radical (unpaired) electrons. The molecule has 0 bridgehead atoms. The second kappa shape index (κ2) is 9.58. The van der Waals surface area contributed by atoms with E-state index in [1.807, 2.05) is 48.7 Å². The van der Waals surface area contributed by atoms with Crippen LogP contribution in [0.2, 0.25) is 0 Å². The molecule has 6 aromatic rings. The molecule has 0 saturated carbocycles. The van der Waals surface area contributed by atoms with Crippen molar-refractivity contribution in [3.05, 3.63) is 120 Å². The number of fused-ring (bicyclic) bond motifs is 3. The summed E-state index contributed by atoms with van der Waals surface area (Å²) in [5, 5.41) is 6.51. The van der Waals surface area contributed by atoms with Gasteiger partial charge in [-0.15, -0.1) is 65.0 Å². The van der Waals surface area contributed by atoms with Gasteiger partial charge in [0.2, 0.25) is 0 Å². The van der Waals surface area contributed by atoms with Gasteiger partial charge in [0.25, 0.3) is 0 Å². The molecule has 0 atom stereocenters. The average Bonchev–Trinajstić information content (AvgIpc) is 3.17. The largest absolute Gasteiger partial charge is 0.305 e. The molecule has 0 spiro atoms. The van der Waals surface area contributed by atoms with E-state index in [4.69, 9.17) is 4.98 Å². The zero-order valence-electron chi connectivity index (χ0n) is 20.6. The van der Waals surface area contributed by atoms with Crippen molar-refractivity contribution < 1.29 is 20.1 Å². The van der Waals surface area contributed by atoms with E-state index in [1.165, 1.54) is 38.2 Å². The predicted molar refractivity (Wildman–Crippen MR) is 146 cm³/mol. The van der Waals surface area contributed by atoms with Crippen LogP contribution in [0.5, 0.6) is 0 Å². The maximum Gasteiger partial charge on any atom is 0.0164 e. The van der Waals surface area contributed by atoms with E-state index in [2.05, 4.69) is 74.3 Å². The first kappa shape index (κ1) is 24.3. The molecule has 0 saturated heterocycles. The molecule has 0 amide bonds. The molecule has 179 valence electrons. The van der Waals surface area contributed by atoms with E-state index < -0.39 is 0 Å². The number of nitrogens with zero attached hydrogens (tertiary/aromatic N) is 2. The number of rotatable bonds is 2. The predicted octanol–water partition coefficient (Wildman–Crippen LogP) is 8.09. The quantitative estimate of drug-likeness (QED) is 0.141. The van der Waals surface area contributed by atoms with Gasteiger partial charge in [-0.05, 0) is 45.2 Å². The molecular weight excluding hydrogens is 617 g/mol. The second-order valence-corrected chi connectivity index (χ2v) is 9.58. The van der Waals surface area contributed by atoms with Crippen molar-refractivity contribution in [2.24, 2.45) is 0 Å². The van der Waals surface area contributed by atoms with Crippen molar-refractivity contribution in [1.82, 2.24) is 9.97 Å². The second-order valence-electron chi connectivity index (χ2n) is 9.58. The van der Waals surface area contributed by atoms with Gasteiger partial charge in [0.15, 0.2) is 0 Å². The average molecular weight is 643 g/mol. The minimum Gasteiger partial charge on any atom is -0.305 e. The van der Waals surface area contributed by atoms with Crippen LogP contribution >= 0.6 is 0 Å². The fourth-order valence-corrected chi connectivity index (χ4v) is 5.37. The van der Waals surface area contributed by atoms with Crippen LogP contribution in [-0.2, 0) is 31.9 Å². The van der Waals surface area contributed by atoms with Gasteiger partial charge in [0, 0.05) is 37.9 Å². The van der Waals surface area contributed by atoms with E-state index in [0.29, 0.717) is 0 Å². The smallest absolute Gasteiger partial charge is 0.0164 e. The molecule has 2 aromatic heterocycles. The van der Waals surface area contributed by atoms with Crippen LogP contribution in [0.25, 0.3) is 43.7 Å². The van der Waals surface area contributed by atoms with Gasteiger partial charge in [-0.1, -0.05) is 68.3 Å². The van der Waals surface area contributed by atoms with Crippen molar-refractivity contribution >= 4 is 32.4 Å². The van der Waals surface area contributed by atoms with Gasteiger partial charge in [0.1, 0.15) is 0 Å². The molecule has 7 rings (SSSR count). The van der Waals surface area contributed by atoms with E-state index in [0.717, 1.165) is 28.6 Å². The van der Waals surface area contributed by atoms with Gasteiger partial charge < -0.3 is 9.97 Å². The first-order chi connectivity index (χ1) is 17.1. The van der Waals surface area contributed by atoms with E-state index >= 15 is 0 Å². The van der Waals surface area contributed by atoms with Crippen LogP contribution in [0.1, 0.15) is 37.5 Å². The summed E-state index contributed by atoms with van der Waals surface area (Å²) in [6.45, 7) is 6.84. The van der Waals surface area contributed by atoms with Crippen LogP contribution < -0.4 is 0 Å². The molecule has 1 aliphatic carbocycles. The summed E-state index contributed by atoms with van der Waals surface area (Å²) in [5.41, 5.74) is 7.30. The summed E-state index contributed by atoms with van der Waals surface area (Å²) in [6.07, 6.45) is 4.78. The van der Waals surface area contributed by atoms with Crippen LogP contribution in [0.15, 0.2) is 91.3 Å². The van der Waals surface area contributed by atoms with Crippen molar-refractivity contribution in [2.75, 3.05) is 0 Å². The number of pyridine rings is 2. The molecule has 2 heterocycles. The van der Waals surface area contributed by atoms with Crippen LogP contribution in [0.3, 0.4) is 0 Å². The monoisotopic (exact) mass is 643 g/mol. The van der Waals surface area contributed by atoms with Crippen molar-refractivity contribution in [3.63, 3.8) is 0 Å². The van der Waals surface area contributed by atoms with Crippen LogP contribution in [-0.4, -0.2) is 9.97 Å². The van der Waals surface area contributed by atoms with Crippen LogP contribution in [0.4, 0.5) is 0 Å². The first-order valence-corrected chi connectivity index (χ1v) is 12.2. The van der Waals surface area contributed by atoms with Gasteiger partial charge in [-0.2, -0.15) is 0 Å². The third kappa shape index (κ3) is 3.84. The Morgan fingerprint density at radius 1 is 0.778 bits per heavy atom. The molecular formula is C33H26IrN2-2. The number of hydrogen-bond donors (Lipinski definition) is 0. The van der Waals surface area contributed by atoms with Crippen molar-refractivity contribution in [2.45, 2.75) is 32.6 Å². The number of aryl methyl sites for hydroxylation is 1. The summed E-state index contributed by atoms with van der Waals surface area (Å²) in [5.74, 6) is 0. The molecule has 0 aliphatic heterocycles. The standard InChI is InChI=1S/C22H18N.C11H8N.Ir/c1-4-13-8-9-15-16(12-13)14-6-5-7-17-19(14)20-18(22(17,2)3)10-11-23-21(15)20;1-2-6-10(7-3-1)11-8-4-5-9-12-11;/h5-8,10-12H,4H2,1-3H3;1-6,8-9H;/q2*-1;.